The first-order valence-electron chi connectivity index (χ1n) is 10.3. The SMILES string of the molecule is C[C@H](C1CC1)N1CC[C@]23CCCCC2[C@H]1Cc1ccc(C(N)=O)cc13.Cl. The Bertz CT molecular complexity index is 716. The van der Waals surface area contributed by atoms with Crippen LogP contribution in [0.4, 0.5) is 0 Å². The highest BCUT2D eigenvalue weighted by Crippen LogP contribution is 2.56. The fraction of sp³-hybridized carbons (Fsp3) is 0.682. The van der Waals surface area contributed by atoms with E-state index in [0.29, 0.717) is 17.0 Å². The number of hydrogen-bond acceptors (Lipinski definition) is 2. The Balaban J connectivity index is 0.00000168. The number of fused-ring (bicyclic) bond motifs is 1. The molecule has 0 spiro atoms. The number of nitrogens with zero attached hydrogens (tertiary/aromatic N) is 1. The van der Waals surface area contributed by atoms with Gasteiger partial charge in [0.05, 0.1) is 0 Å². The summed E-state index contributed by atoms with van der Waals surface area (Å²) in [5, 5.41) is 0. The van der Waals surface area contributed by atoms with Crippen molar-refractivity contribution in [1.29, 1.82) is 0 Å². The predicted molar refractivity (Wildman–Crippen MR) is 107 cm³/mol. The molecular formula is C22H31ClN2O. The van der Waals surface area contributed by atoms with Crippen LogP contribution >= 0.6 is 12.4 Å². The molecule has 4 atom stereocenters. The first-order valence-corrected chi connectivity index (χ1v) is 10.3. The number of halogens is 1. The number of piperidine rings is 1. The molecule has 1 aliphatic heterocycles. The number of primary amides is 1. The van der Waals surface area contributed by atoms with E-state index in [1.807, 2.05) is 6.07 Å². The zero-order valence-corrected chi connectivity index (χ0v) is 16.6. The van der Waals surface area contributed by atoms with Gasteiger partial charge in [-0.15, -0.1) is 12.4 Å². The van der Waals surface area contributed by atoms with Crippen LogP contribution in [0.15, 0.2) is 18.2 Å². The molecule has 2 N–H and O–H groups in total. The molecule has 3 aliphatic carbocycles. The van der Waals surface area contributed by atoms with Gasteiger partial charge in [-0.3, -0.25) is 9.69 Å². The first kappa shape index (κ1) is 18.3. The zero-order valence-electron chi connectivity index (χ0n) is 15.7. The molecule has 0 radical (unpaired) electrons. The lowest BCUT2D eigenvalue weighted by molar-refractivity contribution is -0.0343. The summed E-state index contributed by atoms with van der Waals surface area (Å²) in [6, 6.07) is 7.77. The highest BCUT2D eigenvalue weighted by atomic mass is 35.5. The summed E-state index contributed by atoms with van der Waals surface area (Å²) < 4.78 is 0. The molecule has 2 saturated carbocycles. The van der Waals surface area contributed by atoms with E-state index in [4.69, 9.17) is 5.73 Å². The number of amides is 1. The standard InChI is InChI=1S/C22H30N2O.ClH/c1-14(15-5-6-15)24-11-10-22-9-3-2-4-18(22)20(24)13-16-7-8-17(21(23)25)12-19(16)22;/h7-8,12,14-15,18,20H,2-6,9-11,13H2,1H3,(H2,23,25);1H/t14-,18?,20-,22-;/m1./s1. The number of nitrogens with two attached hydrogens (primary N) is 1. The van der Waals surface area contributed by atoms with E-state index < -0.39 is 0 Å². The van der Waals surface area contributed by atoms with Gasteiger partial charge in [0, 0.05) is 23.1 Å². The summed E-state index contributed by atoms with van der Waals surface area (Å²) in [6.07, 6.45) is 10.7. The van der Waals surface area contributed by atoms with Gasteiger partial charge in [0.2, 0.25) is 5.91 Å². The number of likely N-dealkylation sites (tertiary alicyclic amines) is 1. The summed E-state index contributed by atoms with van der Waals surface area (Å²) in [5.74, 6) is 1.43. The maximum Gasteiger partial charge on any atom is 0.248 e. The van der Waals surface area contributed by atoms with Crippen LogP contribution < -0.4 is 5.73 Å². The summed E-state index contributed by atoms with van der Waals surface area (Å²) in [5.41, 5.74) is 9.56. The number of carbonyl (C=O) groups excluding carboxylic acids is 1. The summed E-state index contributed by atoms with van der Waals surface area (Å²) in [6.45, 7) is 3.71. The summed E-state index contributed by atoms with van der Waals surface area (Å²) in [4.78, 5) is 14.6. The van der Waals surface area contributed by atoms with Crippen molar-refractivity contribution in [3.05, 3.63) is 34.9 Å². The second kappa shape index (κ2) is 6.53. The third kappa shape index (κ3) is 2.62. The molecule has 1 heterocycles. The third-order valence-corrected chi connectivity index (χ3v) is 7.99. The molecular weight excluding hydrogens is 344 g/mol. The molecule has 1 aromatic carbocycles. The lowest BCUT2D eigenvalue weighted by atomic mass is 9.52. The minimum absolute atomic E-state index is 0. The molecule has 2 bridgehead atoms. The number of benzene rings is 1. The van der Waals surface area contributed by atoms with Crippen molar-refractivity contribution < 1.29 is 4.79 Å². The quantitative estimate of drug-likeness (QED) is 0.866. The second-order valence-corrected chi connectivity index (χ2v) is 9.08. The molecule has 3 fully saturated rings. The van der Waals surface area contributed by atoms with Crippen LogP contribution in [0.3, 0.4) is 0 Å². The number of carbonyl (C=O) groups is 1. The molecule has 4 aliphatic rings. The molecule has 1 unspecified atom stereocenters. The van der Waals surface area contributed by atoms with Gasteiger partial charge in [-0.2, -0.15) is 0 Å². The molecule has 26 heavy (non-hydrogen) atoms. The fourth-order valence-corrected chi connectivity index (χ4v) is 6.54. The first-order chi connectivity index (χ1) is 12.1. The van der Waals surface area contributed by atoms with Crippen molar-refractivity contribution in [1.82, 2.24) is 4.90 Å². The van der Waals surface area contributed by atoms with E-state index in [0.717, 1.165) is 24.3 Å². The highest BCUT2D eigenvalue weighted by Gasteiger charge is 2.55. The zero-order chi connectivity index (χ0) is 17.2. The minimum Gasteiger partial charge on any atom is -0.366 e. The maximum absolute atomic E-state index is 11.8. The Hall–Kier alpha value is -1.06. The van der Waals surface area contributed by atoms with Gasteiger partial charge in [0.15, 0.2) is 0 Å². The van der Waals surface area contributed by atoms with Crippen LogP contribution in [-0.2, 0) is 11.8 Å². The molecule has 5 rings (SSSR count). The Morgan fingerprint density at radius 3 is 2.77 bits per heavy atom. The van der Waals surface area contributed by atoms with E-state index in [1.54, 1.807) is 0 Å². The second-order valence-electron chi connectivity index (χ2n) is 9.08. The van der Waals surface area contributed by atoms with Gasteiger partial charge in [-0.05, 0) is 87.1 Å². The van der Waals surface area contributed by atoms with Crippen molar-refractivity contribution in [3.8, 4) is 0 Å². The van der Waals surface area contributed by atoms with E-state index >= 15 is 0 Å². The average molecular weight is 375 g/mol. The molecule has 142 valence electrons. The van der Waals surface area contributed by atoms with Gasteiger partial charge < -0.3 is 5.73 Å². The van der Waals surface area contributed by atoms with Crippen molar-refractivity contribution in [2.75, 3.05) is 6.54 Å². The van der Waals surface area contributed by atoms with Gasteiger partial charge in [-0.25, -0.2) is 0 Å². The van der Waals surface area contributed by atoms with E-state index in [2.05, 4.69) is 24.0 Å². The van der Waals surface area contributed by atoms with E-state index in [9.17, 15) is 4.79 Å². The van der Waals surface area contributed by atoms with Gasteiger partial charge >= 0.3 is 0 Å². The number of rotatable bonds is 3. The molecule has 1 saturated heterocycles. The van der Waals surface area contributed by atoms with Crippen LogP contribution in [0.5, 0.6) is 0 Å². The molecule has 3 nitrogen and oxygen atoms in total. The fourth-order valence-electron chi connectivity index (χ4n) is 6.54. The Kier molecular flexibility index (Phi) is 4.60. The third-order valence-electron chi connectivity index (χ3n) is 7.99. The number of hydrogen-bond donors (Lipinski definition) is 1. The van der Waals surface area contributed by atoms with Gasteiger partial charge in [0.1, 0.15) is 0 Å². The van der Waals surface area contributed by atoms with Crippen molar-refractivity contribution in [2.24, 2.45) is 17.6 Å². The largest absolute Gasteiger partial charge is 0.366 e. The molecule has 1 amide bonds. The van der Waals surface area contributed by atoms with Crippen LogP contribution in [0, 0.1) is 11.8 Å². The van der Waals surface area contributed by atoms with Crippen molar-refractivity contribution in [2.45, 2.75) is 75.8 Å². The summed E-state index contributed by atoms with van der Waals surface area (Å²) >= 11 is 0. The predicted octanol–water partition coefficient (Wildman–Crippen LogP) is 4.06. The topological polar surface area (TPSA) is 46.3 Å². The lowest BCUT2D eigenvalue weighted by Crippen LogP contribution is -2.63. The Morgan fingerprint density at radius 1 is 1.23 bits per heavy atom. The minimum atomic E-state index is -0.284. The summed E-state index contributed by atoms with van der Waals surface area (Å²) in [7, 11) is 0. The molecule has 0 aromatic heterocycles. The smallest absolute Gasteiger partial charge is 0.248 e. The van der Waals surface area contributed by atoms with E-state index in [1.165, 1.54) is 62.6 Å². The van der Waals surface area contributed by atoms with Crippen molar-refractivity contribution in [3.63, 3.8) is 0 Å². The van der Waals surface area contributed by atoms with Crippen LogP contribution in [0.25, 0.3) is 0 Å². The normalized spacial score (nSPS) is 34.2. The highest BCUT2D eigenvalue weighted by molar-refractivity contribution is 5.93. The van der Waals surface area contributed by atoms with Crippen LogP contribution in [0.1, 0.15) is 73.4 Å². The van der Waals surface area contributed by atoms with Gasteiger partial charge in [-0.1, -0.05) is 18.9 Å². The lowest BCUT2D eigenvalue weighted by Gasteiger charge is -2.60. The van der Waals surface area contributed by atoms with Gasteiger partial charge in [0.25, 0.3) is 0 Å². The molecule has 1 aromatic rings. The average Bonchev–Trinajstić information content (AvgIpc) is 3.46. The van der Waals surface area contributed by atoms with Crippen LogP contribution in [0.2, 0.25) is 0 Å². The molecule has 4 heteroatoms. The Morgan fingerprint density at radius 2 is 2.04 bits per heavy atom. The van der Waals surface area contributed by atoms with E-state index in [-0.39, 0.29) is 18.3 Å². The van der Waals surface area contributed by atoms with Crippen molar-refractivity contribution >= 4 is 18.3 Å². The maximum atomic E-state index is 11.8. The Labute approximate surface area is 163 Å². The van der Waals surface area contributed by atoms with Crippen LogP contribution in [-0.4, -0.2) is 29.4 Å². The monoisotopic (exact) mass is 374 g/mol.